The topological polar surface area (TPSA) is 85.8 Å². The zero-order valence-corrected chi connectivity index (χ0v) is 18.6. The molecule has 0 aromatic heterocycles. The van der Waals surface area contributed by atoms with Crippen LogP contribution in [0, 0.1) is 0 Å². The first kappa shape index (κ1) is 23.0. The van der Waals surface area contributed by atoms with Gasteiger partial charge >= 0.3 is 0 Å². The van der Waals surface area contributed by atoms with Crippen LogP contribution in [0.25, 0.3) is 0 Å². The van der Waals surface area contributed by atoms with Crippen molar-refractivity contribution in [2.45, 2.75) is 25.8 Å². The summed E-state index contributed by atoms with van der Waals surface area (Å²) in [6.07, 6.45) is 2.90. The molecule has 1 heterocycles. The highest BCUT2D eigenvalue weighted by Gasteiger charge is 2.23. The summed E-state index contributed by atoms with van der Waals surface area (Å²) >= 11 is 0. The summed E-state index contributed by atoms with van der Waals surface area (Å²) < 4.78 is 24.5. The molecule has 7 nitrogen and oxygen atoms in total. The molecule has 1 unspecified atom stereocenters. The van der Waals surface area contributed by atoms with Crippen molar-refractivity contribution >= 4 is 45.6 Å². The van der Waals surface area contributed by atoms with Gasteiger partial charge in [-0.25, -0.2) is 13.1 Å². The van der Waals surface area contributed by atoms with Crippen molar-refractivity contribution in [1.82, 2.24) is 15.4 Å². The van der Waals surface area contributed by atoms with Gasteiger partial charge in [0.15, 0.2) is 5.96 Å². The molecule has 0 spiro atoms. The van der Waals surface area contributed by atoms with Crippen molar-refractivity contribution in [3.8, 4) is 0 Å². The van der Waals surface area contributed by atoms with E-state index in [9.17, 15) is 8.42 Å². The lowest BCUT2D eigenvalue weighted by Crippen LogP contribution is -2.44. The van der Waals surface area contributed by atoms with Gasteiger partial charge in [0.1, 0.15) is 0 Å². The van der Waals surface area contributed by atoms with E-state index in [1.165, 1.54) is 11.9 Å². The van der Waals surface area contributed by atoms with Gasteiger partial charge in [0.2, 0.25) is 10.0 Å². The zero-order valence-electron chi connectivity index (χ0n) is 15.4. The van der Waals surface area contributed by atoms with E-state index >= 15 is 0 Å². The number of sulfonamides is 1. The highest BCUT2D eigenvalue weighted by atomic mass is 127. The Hall–Kier alpha value is -1.07. The Morgan fingerprint density at radius 3 is 2.69 bits per heavy atom. The van der Waals surface area contributed by atoms with E-state index in [4.69, 9.17) is 0 Å². The van der Waals surface area contributed by atoms with Gasteiger partial charge in [-0.2, -0.15) is 0 Å². The fourth-order valence-electron chi connectivity index (χ4n) is 2.79. The molecule has 0 radical (unpaired) electrons. The Kier molecular flexibility index (Phi) is 10.3. The number of hydrogen-bond donors (Lipinski definition) is 3. The minimum Gasteiger partial charge on any atom is -0.369 e. The molecule has 0 saturated carbocycles. The van der Waals surface area contributed by atoms with Crippen LogP contribution in [0.4, 0.5) is 5.69 Å². The maximum atomic E-state index is 11.0. The quantitative estimate of drug-likeness (QED) is 0.220. The van der Waals surface area contributed by atoms with Gasteiger partial charge in [-0.05, 0) is 31.9 Å². The highest BCUT2D eigenvalue weighted by Crippen LogP contribution is 2.19. The Morgan fingerprint density at radius 2 is 2.04 bits per heavy atom. The standard InChI is InChI=1S/C17H29N5O2S.HI/c1-3-18-17(19-11-7-12-20-25(2,23)24)21-15-10-13-22(14-15)16-8-5-4-6-9-16;/h4-6,8-9,15,20H,3,7,10-14H2,1-2H3,(H2,18,19,21);1H. The van der Waals surface area contributed by atoms with Crippen LogP contribution in [0.3, 0.4) is 0 Å². The fraction of sp³-hybridized carbons (Fsp3) is 0.588. The van der Waals surface area contributed by atoms with Crippen molar-refractivity contribution in [2.24, 2.45) is 4.99 Å². The van der Waals surface area contributed by atoms with Crippen molar-refractivity contribution in [2.75, 3.05) is 43.9 Å². The van der Waals surface area contributed by atoms with E-state index in [-0.39, 0.29) is 24.0 Å². The number of rotatable bonds is 8. The molecule has 148 valence electrons. The predicted octanol–water partition coefficient (Wildman–Crippen LogP) is 1.38. The zero-order chi connectivity index (χ0) is 18.1. The number of anilines is 1. The monoisotopic (exact) mass is 495 g/mol. The Morgan fingerprint density at radius 1 is 1.31 bits per heavy atom. The molecule has 1 fully saturated rings. The van der Waals surface area contributed by atoms with Crippen molar-refractivity contribution in [3.63, 3.8) is 0 Å². The fourth-order valence-corrected chi connectivity index (χ4v) is 3.31. The summed E-state index contributed by atoms with van der Waals surface area (Å²) in [5, 5.41) is 6.74. The number of guanidine groups is 1. The number of benzene rings is 1. The Balaban J connectivity index is 0.00000338. The van der Waals surface area contributed by atoms with Gasteiger partial charge in [0.25, 0.3) is 0 Å². The molecule has 1 aliphatic heterocycles. The maximum Gasteiger partial charge on any atom is 0.208 e. The minimum absolute atomic E-state index is 0. The predicted molar refractivity (Wildman–Crippen MR) is 119 cm³/mol. The Bertz CT molecular complexity index is 654. The summed E-state index contributed by atoms with van der Waals surface area (Å²) in [6, 6.07) is 10.8. The van der Waals surface area contributed by atoms with Crippen molar-refractivity contribution < 1.29 is 8.42 Å². The molecule has 26 heavy (non-hydrogen) atoms. The van der Waals surface area contributed by atoms with E-state index in [0.29, 0.717) is 25.6 Å². The van der Waals surface area contributed by atoms with Gasteiger partial charge in [0, 0.05) is 44.5 Å². The summed E-state index contributed by atoms with van der Waals surface area (Å²) in [5.41, 5.74) is 1.25. The van der Waals surface area contributed by atoms with Crippen LogP contribution < -0.4 is 20.3 Å². The molecule has 1 aliphatic rings. The van der Waals surface area contributed by atoms with Gasteiger partial charge in [-0.3, -0.25) is 4.99 Å². The molecule has 9 heteroatoms. The average molecular weight is 495 g/mol. The van der Waals surface area contributed by atoms with E-state index in [1.807, 2.05) is 13.0 Å². The third-order valence-electron chi connectivity index (χ3n) is 3.96. The van der Waals surface area contributed by atoms with E-state index in [2.05, 4.69) is 49.5 Å². The molecule has 3 N–H and O–H groups in total. The molecule has 1 aromatic carbocycles. The lowest BCUT2D eigenvalue weighted by Gasteiger charge is -2.20. The third-order valence-corrected chi connectivity index (χ3v) is 4.69. The molecule has 2 rings (SSSR count). The SMILES string of the molecule is CCNC(=NCCCNS(C)(=O)=O)NC1CCN(c2ccccc2)C1.I. The molecular weight excluding hydrogens is 465 g/mol. The molecule has 1 aromatic rings. The van der Waals surface area contributed by atoms with E-state index in [1.54, 1.807) is 0 Å². The molecule has 0 amide bonds. The molecule has 0 bridgehead atoms. The van der Waals surface area contributed by atoms with Crippen LogP contribution in [0.15, 0.2) is 35.3 Å². The first-order chi connectivity index (χ1) is 12.0. The van der Waals surface area contributed by atoms with Crippen LogP contribution in [0.1, 0.15) is 19.8 Å². The van der Waals surface area contributed by atoms with E-state index < -0.39 is 10.0 Å². The van der Waals surface area contributed by atoms with E-state index in [0.717, 1.165) is 32.0 Å². The number of hydrogen-bond acceptors (Lipinski definition) is 4. The minimum atomic E-state index is -3.12. The van der Waals surface area contributed by atoms with Crippen molar-refractivity contribution in [3.05, 3.63) is 30.3 Å². The van der Waals surface area contributed by atoms with Crippen LogP contribution in [0.5, 0.6) is 0 Å². The second kappa shape index (κ2) is 11.6. The highest BCUT2D eigenvalue weighted by molar-refractivity contribution is 14.0. The first-order valence-corrected chi connectivity index (χ1v) is 10.7. The van der Waals surface area contributed by atoms with Crippen LogP contribution in [-0.2, 0) is 10.0 Å². The molecule has 1 atom stereocenters. The number of halogens is 1. The number of aliphatic imine (C=N–C) groups is 1. The van der Waals surface area contributed by atoms with Gasteiger partial charge in [0.05, 0.1) is 6.26 Å². The lowest BCUT2D eigenvalue weighted by atomic mass is 10.3. The average Bonchev–Trinajstić information content (AvgIpc) is 3.03. The first-order valence-electron chi connectivity index (χ1n) is 8.77. The van der Waals surface area contributed by atoms with Crippen LogP contribution in [-0.4, -0.2) is 59.4 Å². The number of nitrogens with one attached hydrogen (secondary N) is 3. The normalized spacial score (nSPS) is 17.7. The van der Waals surface area contributed by atoms with Gasteiger partial charge in [-0.1, -0.05) is 18.2 Å². The van der Waals surface area contributed by atoms with Gasteiger partial charge in [-0.15, -0.1) is 24.0 Å². The second-order valence-electron chi connectivity index (χ2n) is 6.19. The molecule has 1 saturated heterocycles. The van der Waals surface area contributed by atoms with Gasteiger partial charge < -0.3 is 15.5 Å². The summed E-state index contributed by atoms with van der Waals surface area (Å²) in [5.74, 6) is 0.793. The summed E-state index contributed by atoms with van der Waals surface area (Å²) in [7, 11) is -3.12. The maximum absolute atomic E-state index is 11.0. The summed E-state index contributed by atoms with van der Waals surface area (Å²) in [6.45, 7) is 5.79. The van der Waals surface area contributed by atoms with Crippen molar-refractivity contribution in [1.29, 1.82) is 0 Å². The number of nitrogens with zero attached hydrogens (tertiary/aromatic N) is 2. The molecule has 0 aliphatic carbocycles. The summed E-state index contributed by atoms with van der Waals surface area (Å²) in [4.78, 5) is 6.91. The molecular formula is C17H30IN5O2S. The van der Waals surface area contributed by atoms with Crippen LogP contribution >= 0.6 is 24.0 Å². The third kappa shape index (κ3) is 8.54. The largest absolute Gasteiger partial charge is 0.369 e. The van der Waals surface area contributed by atoms with Crippen LogP contribution in [0.2, 0.25) is 0 Å². The second-order valence-corrected chi connectivity index (χ2v) is 8.03. The smallest absolute Gasteiger partial charge is 0.208 e. The number of para-hydroxylation sites is 1. The Labute approximate surface area is 174 Å². The lowest BCUT2D eigenvalue weighted by molar-refractivity contribution is 0.585.